The van der Waals surface area contributed by atoms with Crippen molar-refractivity contribution in [2.24, 2.45) is 0 Å². The van der Waals surface area contributed by atoms with Crippen molar-refractivity contribution in [2.45, 2.75) is 12.5 Å². The Balaban J connectivity index is 2.75. The lowest BCUT2D eigenvalue weighted by molar-refractivity contribution is -0.139. The second-order valence-corrected chi connectivity index (χ2v) is 3.75. The van der Waals surface area contributed by atoms with Gasteiger partial charge in [-0.25, -0.2) is 22.8 Å². The monoisotopic (exact) mass is 292 g/mol. The number of rotatable bonds is 5. The van der Waals surface area contributed by atoms with Crippen LogP contribution in [-0.4, -0.2) is 34.9 Å². The number of carbonyl (C=O) groups excluding carboxylic acids is 1. The van der Waals surface area contributed by atoms with Crippen LogP contribution in [0.1, 0.15) is 6.42 Å². The topological polar surface area (TPSA) is 98.7 Å². The highest BCUT2D eigenvalue weighted by Gasteiger charge is 2.20. The highest BCUT2D eigenvalue weighted by Crippen LogP contribution is 2.18. The predicted molar refractivity (Wildman–Crippen MR) is 61.6 cm³/mol. The number of urea groups is 1. The minimum atomic E-state index is -1.42. The lowest BCUT2D eigenvalue weighted by atomic mass is 10.2. The Bertz CT molecular complexity index is 525. The van der Waals surface area contributed by atoms with Crippen LogP contribution in [0.15, 0.2) is 12.1 Å². The van der Waals surface area contributed by atoms with Crippen molar-refractivity contribution in [3.05, 3.63) is 29.6 Å². The third kappa shape index (κ3) is 4.12. The molecule has 6 nitrogen and oxygen atoms in total. The van der Waals surface area contributed by atoms with Crippen molar-refractivity contribution in [3.63, 3.8) is 0 Å². The SMILES string of the molecule is O=C(Nc1cc(F)c(F)cc1F)N[C@H](CCO)C(=O)O. The summed E-state index contributed by atoms with van der Waals surface area (Å²) in [7, 11) is 0. The Morgan fingerprint density at radius 2 is 1.75 bits per heavy atom. The minimum absolute atomic E-state index is 0.243. The number of aliphatic carboxylic acids is 1. The van der Waals surface area contributed by atoms with Crippen LogP contribution >= 0.6 is 0 Å². The molecule has 1 rings (SSSR count). The number of hydrogen-bond acceptors (Lipinski definition) is 3. The number of amides is 2. The molecule has 0 aliphatic carbocycles. The number of halogens is 3. The standard InChI is InChI=1S/C11H11F3N2O4/c12-5-3-7(14)9(4-6(5)13)16-11(20)15-8(1-2-17)10(18)19/h3-4,8,17H,1-2H2,(H,18,19)(H2,15,16,20)/t8-/m1/s1. The summed E-state index contributed by atoms with van der Waals surface area (Å²) in [6.45, 7) is -0.489. The van der Waals surface area contributed by atoms with E-state index in [1.807, 2.05) is 10.6 Å². The summed E-state index contributed by atoms with van der Waals surface area (Å²) >= 11 is 0. The van der Waals surface area contributed by atoms with Crippen molar-refractivity contribution >= 4 is 17.7 Å². The zero-order valence-electron chi connectivity index (χ0n) is 9.99. The smallest absolute Gasteiger partial charge is 0.326 e. The summed E-state index contributed by atoms with van der Waals surface area (Å²) < 4.78 is 38.8. The van der Waals surface area contributed by atoms with Crippen LogP contribution in [0.5, 0.6) is 0 Å². The molecule has 1 atom stereocenters. The maximum Gasteiger partial charge on any atom is 0.326 e. The Morgan fingerprint density at radius 3 is 2.30 bits per heavy atom. The largest absolute Gasteiger partial charge is 0.480 e. The van der Waals surface area contributed by atoms with Gasteiger partial charge in [-0.05, 0) is 0 Å². The Labute approximate surface area is 111 Å². The molecule has 20 heavy (non-hydrogen) atoms. The van der Waals surface area contributed by atoms with Crippen LogP contribution in [0.2, 0.25) is 0 Å². The van der Waals surface area contributed by atoms with Gasteiger partial charge in [0.2, 0.25) is 0 Å². The highest BCUT2D eigenvalue weighted by molar-refractivity contribution is 5.92. The van der Waals surface area contributed by atoms with Gasteiger partial charge in [-0.3, -0.25) is 0 Å². The van der Waals surface area contributed by atoms with Gasteiger partial charge < -0.3 is 20.8 Å². The van der Waals surface area contributed by atoms with E-state index in [0.29, 0.717) is 6.07 Å². The molecule has 0 heterocycles. The van der Waals surface area contributed by atoms with Gasteiger partial charge in [0.25, 0.3) is 0 Å². The van der Waals surface area contributed by atoms with E-state index in [1.165, 1.54) is 0 Å². The van der Waals surface area contributed by atoms with Gasteiger partial charge in [0, 0.05) is 25.2 Å². The summed E-state index contributed by atoms with van der Waals surface area (Å²) in [6, 6.07) is -1.86. The first-order valence-corrected chi connectivity index (χ1v) is 5.41. The lowest BCUT2D eigenvalue weighted by Gasteiger charge is -2.14. The summed E-state index contributed by atoms with van der Waals surface area (Å²) in [5, 5.41) is 21.1. The number of benzene rings is 1. The summed E-state index contributed by atoms with van der Waals surface area (Å²) in [5.74, 6) is -5.41. The Morgan fingerprint density at radius 1 is 1.15 bits per heavy atom. The first-order valence-electron chi connectivity index (χ1n) is 5.41. The summed E-state index contributed by atoms with van der Waals surface area (Å²) in [5.41, 5.74) is -0.644. The third-order valence-corrected chi connectivity index (χ3v) is 2.28. The number of nitrogens with one attached hydrogen (secondary N) is 2. The molecular weight excluding hydrogens is 281 g/mol. The van der Waals surface area contributed by atoms with Gasteiger partial charge in [0.05, 0.1) is 5.69 Å². The molecule has 0 radical (unpaired) electrons. The van der Waals surface area contributed by atoms with E-state index in [0.717, 1.165) is 0 Å². The number of hydrogen-bond donors (Lipinski definition) is 4. The zero-order valence-corrected chi connectivity index (χ0v) is 9.99. The predicted octanol–water partition coefficient (Wildman–Crippen LogP) is 1.06. The van der Waals surface area contributed by atoms with E-state index in [4.69, 9.17) is 10.2 Å². The van der Waals surface area contributed by atoms with Gasteiger partial charge in [-0.1, -0.05) is 0 Å². The molecule has 0 fully saturated rings. The molecule has 0 aliphatic rings. The van der Waals surface area contributed by atoms with E-state index >= 15 is 0 Å². The lowest BCUT2D eigenvalue weighted by Crippen LogP contribution is -2.43. The minimum Gasteiger partial charge on any atom is -0.480 e. The maximum atomic E-state index is 13.2. The van der Waals surface area contributed by atoms with Crippen LogP contribution in [0, 0.1) is 17.5 Å². The van der Waals surface area contributed by atoms with Crippen LogP contribution in [-0.2, 0) is 4.79 Å². The number of anilines is 1. The number of aliphatic hydroxyl groups is 1. The van der Waals surface area contributed by atoms with Gasteiger partial charge in [0.15, 0.2) is 11.6 Å². The quantitative estimate of drug-likeness (QED) is 0.610. The molecular formula is C11H11F3N2O4. The van der Waals surface area contributed by atoms with Crippen molar-refractivity contribution in [1.82, 2.24) is 5.32 Å². The first kappa shape index (κ1) is 15.8. The van der Waals surface area contributed by atoms with E-state index in [1.54, 1.807) is 0 Å². The molecule has 0 aliphatic heterocycles. The Kier molecular flexibility index (Phi) is 5.32. The average molecular weight is 292 g/mol. The van der Waals surface area contributed by atoms with E-state index in [-0.39, 0.29) is 12.5 Å². The molecule has 0 bridgehead atoms. The first-order chi connectivity index (χ1) is 9.35. The molecule has 9 heteroatoms. The van der Waals surface area contributed by atoms with Gasteiger partial charge in [-0.15, -0.1) is 0 Å². The van der Waals surface area contributed by atoms with E-state index < -0.39 is 47.8 Å². The van der Waals surface area contributed by atoms with Crippen molar-refractivity contribution in [3.8, 4) is 0 Å². The molecule has 4 N–H and O–H groups in total. The zero-order chi connectivity index (χ0) is 15.3. The summed E-state index contributed by atoms with van der Waals surface area (Å²) in [6.07, 6.45) is -0.261. The fraction of sp³-hybridized carbons (Fsp3) is 0.273. The molecule has 0 unspecified atom stereocenters. The number of carboxylic acids is 1. The number of carbonyl (C=O) groups is 2. The van der Waals surface area contributed by atoms with Crippen LogP contribution in [0.4, 0.5) is 23.7 Å². The van der Waals surface area contributed by atoms with Crippen LogP contribution < -0.4 is 10.6 Å². The van der Waals surface area contributed by atoms with E-state index in [2.05, 4.69) is 0 Å². The second-order valence-electron chi connectivity index (χ2n) is 3.75. The summed E-state index contributed by atoms with van der Waals surface area (Å²) in [4.78, 5) is 22.1. The highest BCUT2D eigenvalue weighted by atomic mass is 19.2. The normalized spacial score (nSPS) is 11.8. The average Bonchev–Trinajstić information content (AvgIpc) is 2.35. The van der Waals surface area contributed by atoms with Crippen LogP contribution in [0.3, 0.4) is 0 Å². The van der Waals surface area contributed by atoms with Crippen molar-refractivity contribution < 1.29 is 33.0 Å². The molecule has 1 aromatic carbocycles. The third-order valence-electron chi connectivity index (χ3n) is 2.28. The molecule has 1 aromatic rings. The van der Waals surface area contributed by atoms with E-state index in [9.17, 15) is 22.8 Å². The van der Waals surface area contributed by atoms with Crippen molar-refractivity contribution in [1.29, 1.82) is 0 Å². The molecule has 0 aromatic heterocycles. The van der Waals surface area contributed by atoms with Crippen LogP contribution in [0.25, 0.3) is 0 Å². The number of aliphatic hydroxyl groups excluding tert-OH is 1. The molecule has 0 saturated heterocycles. The second kappa shape index (κ2) is 6.75. The molecule has 0 spiro atoms. The van der Waals surface area contributed by atoms with Gasteiger partial charge in [0.1, 0.15) is 11.9 Å². The molecule has 0 saturated carbocycles. The molecule has 110 valence electrons. The van der Waals surface area contributed by atoms with Gasteiger partial charge >= 0.3 is 12.0 Å². The Hall–Kier alpha value is -2.29. The fourth-order valence-corrected chi connectivity index (χ4v) is 1.32. The van der Waals surface area contributed by atoms with Gasteiger partial charge in [-0.2, -0.15) is 0 Å². The molecule has 2 amide bonds. The number of carboxylic acid groups (broad SMARTS) is 1. The fourth-order valence-electron chi connectivity index (χ4n) is 1.32. The van der Waals surface area contributed by atoms with Crippen molar-refractivity contribution in [2.75, 3.05) is 11.9 Å². The maximum absolute atomic E-state index is 13.2.